The Morgan fingerprint density at radius 2 is 1.76 bits per heavy atom. The number of rotatable bonds is 3. The highest BCUT2D eigenvalue weighted by molar-refractivity contribution is 6.31. The molecule has 0 aromatic heterocycles. The number of halogens is 1. The molecule has 2 rings (SSSR count). The van der Waals surface area contributed by atoms with Gasteiger partial charge in [-0.2, -0.15) is 0 Å². The topological polar surface area (TPSA) is 38.3 Å². The molecule has 1 N–H and O–H groups in total. The molecule has 0 fully saturated rings. The minimum atomic E-state index is -0.494. The number of amides is 1. The second-order valence-corrected chi connectivity index (χ2v) is 6.20. The van der Waals surface area contributed by atoms with Crippen molar-refractivity contribution in [3.8, 4) is 11.5 Å². The van der Waals surface area contributed by atoms with Crippen molar-refractivity contribution in [2.45, 2.75) is 20.8 Å². The summed E-state index contributed by atoms with van der Waals surface area (Å²) in [6, 6.07) is 14.5. The van der Waals surface area contributed by atoms with Crippen molar-refractivity contribution in [1.82, 2.24) is 0 Å². The monoisotopic (exact) mass is 303 g/mol. The zero-order valence-electron chi connectivity index (χ0n) is 12.3. The van der Waals surface area contributed by atoms with E-state index in [0.29, 0.717) is 22.2 Å². The summed E-state index contributed by atoms with van der Waals surface area (Å²) in [4.78, 5) is 12.1. The Morgan fingerprint density at radius 1 is 1.10 bits per heavy atom. The number of hydrogen-bond acceptors (Lipinski definition) is 2. The van der Waals surface area contributed by atoms with E-state index in [2.05, 4.69) is 5.32 Å². The molecular formula is C17H18ClNO2. The summed E-state index contributed by atoms with van der Waals surface area (Å²) in [5, 5.41) is 3.40. The van der Waals surface area contributed by atoms with Crippen LogP contribution >= 0.6 is 11.6 Å². The van der Waals surface area contributed by atoms with E-state index in [9.17, 15) is 4.79 Å². The molecule has 110 valence electrons. The maximum absolute atomic E-state index is 12.1. The van der Waals surface area contributed by atoms with E-state index in [-0.39, 0.29) is 5.91 Å². The maximum Gasteiger partial charge on any atom is 0.229 e. The first kappa shape index (κ1) is 15.4. The molecule has 0 bridgehead atoms. The van der Waals surface area contributed by atoms with Crippen LogP contribution in [0.1, 0.15) is 20.8 Å². The quantitative estimate of drug-likeness (QED) is 0.855. The van der Waals surface area contributed by atoms with Crippen LogP contribution in [-0.4, -0.2) is 5.91 Å². The number of benzene rings is 2. The molecule has 0 saturated carbocycles. The summed E-state index contributed by atoms with van der Waals surface area (Å²) in [6.45, 7) is 5.56. The van der Waals surface area contributed by atoms with Crippen molar-refractivity contribution in [2.75, 3.05) is 5.32 Å². The van der Waals surface area contributed by atoms with Crippen LogP contribution in [0.15, 0.2) is 48.5 Å². The third-order valence-corrected chi connectivity index (χ3v) is 3.08. The van der Waals surface area contributed by atoms with Gasteiger partial charge in [0.25, 0.3) is 0 Å². The van der Waals surface area contributed by atoms with Crippen molar-refractivity contribution >= 4 is 23.2 Å². The van der Waals surface area contributed by atoms with Gasteiger partial charge in [-0.25, -0.2) is 0 Å². The van der Waals surface area contributed by atoms with Gasteiger partial charge < -0.3 is 10.1 Å². The highest BCUT2D eigenvalue weighted by Crippen LogP contribution is 2.33. The summed E-state index contributed by atoms with van der Waals surface area (Å²) in [5.74, 6) is 1.16. The lowest BCUT2D eigenvalue weighted by Crippen LogP contribution is -2.27. The van der Waals surface area contributed by atoms with Crippen LogP contribution < -0.4 is 10.1 Å². The van der Waals surface area contributed by atoms with Gasteiger partial charge in [0.2, 0.25) is 5.91 Å². The van der Waals surface area contributed by atoms with E-state index in [4.69, 9.17) is 16.3 Å². The molecular weight excluding hydrogens is 286 g/mol. The standard InChI is InChI=1S/C17H18ClNO2/c1-17(2,3)16(20)19-14-11-12(18)9-10-15(14)21-13-7-5-4-6-8-13/h4-11H,1-3H3,(H,19,20). The highest BCUT2D eigenvalue weighted by Gasteiger charge is 2.22. The minimum absolute atomic E-state index is 0.0947. The predicted octanol–water partition coefficient (Wildman–Crippen LogP) is 5.12. The first-order valence-corrected chi connectivity index (χ1v) is 7.08. The molecule has 0 heterocycles. The van der Waals surface area contributed by atoms with E-state index in [0.717, 1.165) is 0 Å². The van der Waals surface area contributed by atoms with Gasteiger partial charge >= 0.3 is 0 Å². The van der Waals surface area contributed by atoms with Crippen molar-refractivity contribution in [3.05, 3.63) is 53.6 Å². The number of hydrogen-bond donors (Lipinski definition) is 1. The fourth-order valence-electron chi connectivity index (χ4n) is 1.61. The fourth-order valence-corrected chi connectivity index (χ4v) is 1.79. The van der Waals surface area contributed by atoms with Gasteiger partial charge in [-0.15, -0.1) is 0 Å². The van der Waals surface area contributed by atoms with Crippen LogP contribution in [0.25, 0.3) is 0 Å². The number of carbonyl (C=O) groups excluding carboxylic acids is 1. The average Bonchev–Trinajstić information content (AvgIpc) is 2.42. The SMILES string of the molecule is CC(C)(C)C(=O)Nc1cc(Cl)ccc1Oc1ccccc1. The molecule has 3 nitrogen and oxygen atoms in total. The molecule has 2 aromatic carbocycles. The van der Waals surface area contributed by atoms with Crippen LogP contribution in [0.2, 0.25) is 5.02 Å². The lowest BCUT2D eigenvalue weighted by Gasteiger charge is -2.19. The van der Waals surface area contributed by atoms with Crippen LogP contribution in [0, 0.1) is 5.41 Å². The second kappa shape index (κ2) is 6.19. The van der Waals surface area contributed by atoms with Gasteiger partial charge in [0, 0.05) is 10.4 Å². The predicted molar refractivity (Wildman–Crippen MR) is 86.1 cm³/mol. The lowest BCUT2D eigenvalue weighted by molar-refractivity contribution is -0.123. The van der Waals surface area contributed by atoms with Crippen LogP contribution in [0.3, 0.4) is 0 Å². The van der Waals surface area contributed by atoms with E-state index in [1.807, 2.05) is 51.1 Å². The van der Waals surface area contributed by atoms with Crippen LogP contribution in [0.4, 0.5) is 5.69 Å². The number of para-hydroxylation sites is 1. The fraction of sp³-hybridized carbons (Fsp3) is 0.235. The van der Waals surface area contributed by atoms with E-state index >= 15 is 0 Å². The molecule has 0 spiro atoms. The van der Waals surface area contributed by atoms with Gasteiger partial charge in [-0.3, -0.25) is 4.79 Å². The van der Waals surface area contributed by atoms with Crippen molar-refractivity contribution in [2.24, 2.45) is 5.41 Å². The summed E-state index contributed by atoms with van der Waals surface area (Å²) >= 11 is 6.01. The Kier molecular flexibility index (Phi) is 4.53. The Morgan fingerprint density at radius 3 is 2.38 bits per heavy atom. The number of anilines is 1. The van der Waals surface area contributed by atoms with Gasteiger partial charge in [0.15, 0.2) is 5.75 Å². The molecule has 0 saturated heterocycles. The van der Waals surface area contributed by atoms with E-state index in [1.54, 1.807) is 18.2 Å². The van der Waals surface area contributed by atoms with Crippen molar-refractivity contribution in [3.63, 3.8) is 0 Å². The third-order valence-electron chi connectivity index (χ3n) is 2.84. The summed E-state index contributed by atoms with van der Waals surface area (Å²) < 4.78 is 5.80. The Hall–Kier alpha value is -2.00. The van der Waals surface area contributed by atoms with Gasteiger partial charge in [0.05, 0.1) is 5.69 Å². The Bertz CT molecular complexity index is 633. The van der Waals surface area contributed by atoms with Gasteiger partial charge in [0.1, 0.15) is 5.75 Å². The third kappa shape index (κ3) is 4.23. The zero-order valence-corrected chi connectivity index (χ0v) is 13.1. The molecule has 0 atom stereocenters. The van der Waals surface area contributed by atoms with Crippen LogP contribution in [0.5, 0.6) is 11.5 Å². The first-order valence-electron chi connectivity index (χ1n) is 6.70. The Balaban J connectivity index is 2.28. The molecule has 0 unspecified atom stereocenters. The molecule has 4 heteroatoms. The lowest BCUT2D eigenvalue weighted by atomic mass is 9.95. The number of carbonyl (C=O) groups is 1. The van der Waals surface area contributed by atoms with Crippen molar-refractivity contribution < 1.29 is 9.53 Å². The van der Waals surface area contributed by atoms with E-state index in [1.165, 1.54) is 0 Å². The molecule has 0 aliphatic carbocycles. The minimum Gasteiger partial charge on any atom is -0.455 e. The summed E-state index contributed by atoms with van der Waals surface area (Å²) in [5.41, 5.74) is 0.0677. The normalized spacial score (nSPS) is 11.0. The molecule has 0 aliphatic heterocycles. The van der Waals surface area contributed by atoms with Crippen molar-refractivity contribution in [1.29, 1.82) is 0 Å². The second-order valence-electron chi connectivity index (χ2n) is 5.76. The zero-order chi connectivity index (χ0) is 15.5. The molecule has 0 aliphatic rings. The Labute approximate surface area is 129 Å². The van der Waals surface area contributed by atoms with Gasteiger partial charge in [-0.05, 0) is 30.3 Å². The molecule has 1 amide bonds. The molecule has 2 aromatic rings. The van der Waals surface area contributed by atoms with Crippen LogP contribution in [-0.2, 0) is 4.79 Å². The number of ether oxygens (including phenoxy) is 1. The summed E-state index contributed by atoms with van der Waals surface area (Å²) in [6.07, 6.45) is 0. The maximum atomic E-state index is 12.1. The average molecular weight is 304 g/mol. The molecule has 0 radical (unpaired) electrons. The number of nitrogens with one attached hydrogen (secondary N) is 1. The van der Waals surface area contributed by atoms with E-state index < -0.39 is 5.41 Å². The summed E-state index contributed by atoms with van der Waals surface area (Å²) in [7, 11) is 0. The largest absolute Gasteiger partial charge is 0.455 e. The first-order chi connectivity index (χ1) is 9.86. The highest BCUT2D eigenvalue weighted by atomic mass is 35.5. The molecule has 21 heavy (non-hydrogen) atoms. The smallest absolute Gasteiger partial charge is 0.229 e. The van der Waals surface area contributed by atoms with Gasteiger partial charge in [-0.1, -0.05) is 50.6 Å².